The van der Waals surface area contributed by atoms with Crippen LogP contribution in [0.4, 0.5) is 4.79 Å². The maximum Gasteiger partial charge on any atom is 0.410 e. The Hall–Kier alpha value is -1.49. The Bertz CT molecular complexity index is 567. The first-order valence-corrected chi connectivity index (χ1v) is 8.59. The minimum absolute atomic E-state index is 0.0550. The molecule has 1 aromatic rings. The van der Waals surface area contributed by atoms with Crippen LogP contribution in [0.2, 0.25) is 0 Å². The molecule has 2 aliphatic heterocycles. The Morgan fingerprint density at radius 3 is 2.74 bits per heavy atom. The molecule has 0 bridgehead atoms. The molecule has 5 heteroatoms. The minimum atomic E-state index is -0.434. The number of fused-ring (bicyclic) bond motifs is 1. The third kappa shape index (κ3) is 3.25. The third-order valence-electron chi connectivity index (χ3n) is 5.11. The summed E-state index contributed by atoms with van der Waals surface area (Å²) in [5, 5.41) is 3.70. The zero-order valence-electron chi connectivity index (χ0n) is 14.6. The van der Waals surface area contributed by atoms with E-state index in [1.54, 1.807) is 6.26 Å². The summed E-state index contributed by atoms with van der Waals surface area (Å²) in [6, 6.07) is 2.10. The number of carbonyl (C=O) groups excluding carboxylic acids is 1. The van der Waals surface area contributed by atoms with Crippen LogP contribution in [-0.2, 0) is 16.7 Å². The van der Waals surface area contributed by atoms with E-state index in [1.807, 2.05) is 25.7 Å². The normalized spacial score (nSPS) is 26.0. The second-order valence-electron chi connectivity index (χ2n) is 7.88. The number of nitrogens with zero attached hydrogens (tertiary/aromatic N) is 1. The Morgan fingerprint density at radius 1 is 1.39 bits per heavy atom. The predicted molar refractivity (Wildman–Crippen MR) is 88.3 cm³/mol. The smallest absolute Gasteiger partial charge is 0.410 e. The monoisotopic (exact) mass is 320 g/mol. The average Bonchev–Trinajstić information content (AvgIpc) is 2.96. The fourth-order valence-electron chi connectivity index (χ4n) is 3.86. The fraction of sp³-hybridized carbons (Fsp3) is 0.722. The van der Waals surface area contributed by atoms with Gasteiger partial charge in [-0.25, -0.2) is 4.79 Å². The van der Waals surface area contributed by atoms with Gasteiger partial charge in [-0.1, -0.05) is 0 Å². The van der Waals surface area contributed by atoms with Crippen LogP contribution >= 0.6 is 0 Å². The Labute approximate surface area is 138 Å². The van der Waals surface area contributed by atoms with Gasteiger partial charge in [-0.15, -0.1) is 0 Å². The lowest BCUT2D eigenvalue weighted by Crippen LogP contribution is -2.53. The van der Waals surface area contributed by atoms with Gasteiger partial charge in [0.15, 0.2) is 0 Å². The van der Waals surface area contributed by atoms with E-state index in [0.29, 0.717) is 5.92 Å². The maximum atomic E-state index is 12.2. The molecule has 0 spiro atoms. The van der Waals surface area contributed by atoms with Gasteiger partial charge in [-0.2, -0.15) is 0 Å². The van der Waals surface area contributed by atoms with Gasteiger partial charge < -0.3 is 19.4 Å². The van der Waals surface area contributed by atoms with Gasteiger partial charge >= 0.3 is 6.09 Å². The third-order valence-corrected chi connectivity index (χ3v) is 5.11. The standard InChI is InChI=1S/C18H28N2O3/c1-17(2,3)23-16(21)20-10-6-13(7-11-20)18(4)14-8-12-22-15(14)5-9-19-18/h8,12-13,19H,5-7,9-11H2,1-4H3. The van der Waals surface area contributed by atoms with Gasteiger partial charge in [-0.05, 0) is 52.5 Å². The second-order valence-corrected chi connectivity index (χ2v) is 7.88. The van der Waals surface area contributed by atoms with E-state index < -0.39 is 5.60 Å². The number of ether oxygens (including phenoxy) is 1. The van der Waals surface area contributed by atoms with Gasteiger partial charge in [0.05, 0.1) is 6.26 Å². The van der Waals surface area contributed by atoms with E-state index in [2.05, 4.69) is 18.3 Å². The van der Waals surface area contributed by atoms with Crippen molar-refractivity contribution in [1.82, 2.24) is 10.2 Å². The van der Waals surface area contributed by atoms with Crippen molar-refractivity contribution in [2.75, 3.05) is 19.6 Å². The van der Waals surface area contributed by atoms with Crippen molar-refractivity contribution in [3.05, 3.63) is 23.7 Å². The van der Waals surface area contributed by atoms with E-state index in [0.717, 1.165) is 44.7 Å². The first kappa shape index (κ1) is 16.4. The lowest BCUT2D eigenvalue weighted by atomic mass is 9.73. The van der Waals surface area contributed by atoms with Crippen LogP contribution in [0.3, 0.4) is 0 Å². The van der Waals surface area contributed by atoms with Gasteiger partial charge in [0.25, 0.3) is 0 Å². The van der Waals surface area contributed by atoms with E-state index in [9.17, 15) is 4.79 Å². The zero-order valence-corrected chi connectivity index (χ0v) is 14.6. The van der Waals surface area contributed by atoms with Crippen molar-refractivity contribution in [3.8, 4) is 0 Å². The molecule has 0 saturated carbocycles. The first-order valence-electron chi connectivity index (χ1n) is 8.59. The van der Waals surface area contributed by atoms with Crippen LogP contribution in [0.5, 0.6) is 0 Å². The molecule has 0 radical (unpaired) electrons. The molecule has 1 N–H and O–H groups in total. The van der Waals surface area contributed by atoms with Crippen LogP contribution in [0, 0.1) is 5.92 Å². The van der Waals surface area contributed by atoms with Gasteiger partial charge in [0.1, 0.15) is 11.4 Å². The number of piperidine rings is 1. The molecular weight excluding hydrogens is 292 g/mol. The molecule has 2 aliphatic rings. The second kappa shape index (κ2) is 5.86. The highest BCUT2D eigenvalue weighted by molar-refractivity contribution is 5.68. The van der Waals surface area contributed by atoms with Crippen LogP contribution < -0.4 is 5.32 Å². The SMILES string of the molecule is CC(C)(C)OC(=O)N1CCC(C2(C)NCCc3occc32)CC1. The molecule has 3 heterocycles. The topological polar surface area (TPSA) is 54.7 Å². The highest BCUT2D eigenvalue weighted by Gasteiger charge is 2.42. The molecular formula is C18H28N2O3. The van der Waals surface area contributed by atoms with Crippen LogP contribution in [-0.4, -0.2) is 36.2 Å². The van der Waals surface area contributed by atoms with Crippen molar-refractivity contribution >= 4 is 6.09 Å². The number of nitrogens with one attached hydrogen (secondary N) is 1. The molecule has 0 aliphatic carbocycles. The molecule has 3 rings (SSSR count). The number of furan rings is 1. The van der Waals surface area contributed by atoms with E-state index in [1.165, 1.54) is 5.56 Å². The predicted octanol–water partition coefficient (Wildman–Crippen LogP) is 3.29. The fourth-order valence-corrected chi connectivity index (χ4v) is 3.86. The number of hydrogen-bond acceptors (Lipinski definition) is 4. The number of likely N-dealkylation sites (tertiary alicyclic amines) is 1. The van der Waals surface area contributed by atoms with E-state index >= 15 is 0 Å². The molecule has 0 aromatic carbocycles. The molecule has 1 aromatic heterocycles. The summed E-state index contributed by atoms with van der Waals surface area (Å²) < 4.78 is 11.1. The highest BCUT2D eigenvalue weighted by atomic mass is 16.6. The maximum absolute atomic E-state index is 12.2. The lowest BCUT2D eigenvalue weighted by Gasteiger charge is -2.45. The van der Waals surface area contributed by atoms with Crippen LogP contribution in [0.15, 0.2) is 16.7 Å². The van der Waals surface area contributed by atoms with E-state index in [-0.39, 0.29) is 11.6 Å². The average molecular weight is 320 g/mol. The number of carbonyl (C=O) groups is 1. The molecule has 1 amide bonds. The molecule has 23 heavy (non-hydrogen) atoms. The number of hydrogen-bond donors (Lipinski definition) is 1. The number of amides is 1. The van der Waals surface area contributed by atoms with Crippen molar-refractivity contribution in [3.63, 3.8) is 0 Å². The minimum Gasteiger partial charge on any atom is -0.469 e. The molecule has 1 unspecified atom stereocenters. The van der Waals surface area contributed by atoms with Gasteiger partial charge in [0.2, 0.25) is 0 Å². The summed E-state index contributed by atoms with van der Waals surface area (Å²) in [6.45, 7) is 10.5. The van der Waals surface area contributed by atoms with Crippen molar-refractivity contribution < 1.29 is 13.9 Å². The van der Waals surface area contributed by atoms with Crippen LogP contribution in [0.25, 0.3) is 0 Å². The van der Waals surface area contributed by atoms with Crippen LogP contribution in [0.1, 0.15) is 51.9 Å². The Balaban J connectivity index is 1.65. The summed E-state index contributed by atoms with van der Waals surface area (Å²) in [6.07, 6.45) is 4.52. The van der Waals surface area contributed by atoms with E-state index in [4.69, 9.17) is 9.15 Å². The summed E-state index contributed by atoms with van der Waals surface area (Å²) in [5.74, 6) is 1.61. The number of rotatable bonds is 1. The van der Waals surface area contributed by atoms with Gasteiger partial charge in [-0.3, -0.25) is 0 Å². The molecule has 1 fully saturated rings. The quantitative estimate of drug-likeness (QED) is 0.863. The zero-order chi connectivity index (χ0) is 16.7. The van der Waals surface area contributed by atoms with Crippen molar-refractivity contribution in [1.29, 1.82) is 0 Å². The first-order chi connectivity index (χ1) is 10.8. The summed E-state index contributed by atoms with van der Waals surface area (Å²) >= 11 is 0. The van der Waals surface area contributed by atoms with Crippen molar-refractivity contribution in [2.45, 2.75) is 58.1 Å². The largest absolute Gasteiger partial charge is 0.469 e. The molecule has 1 atom stereocenters. The molecule has 1 saturated heterocycles. The summed E-state index contributed by atoms with van der Waals surface area (Å²) in [7, 11) is 0. The lowest BCUT2D eigenvalue weighted by molar-refractivity contribution is 0.0130. The Kier molecular flexibility index (Phi) is 4.17. The molecule has 128 valence electrons. The van der Waals surface area contributed by atoms with Gasteiger partial charge in [0, 0.05) is 37.2 Å². The summed E-state index contributed by atoms with van der Waals surface area (Å²) in [5.41, 5.74) is 0.802. The highest BCUT2D eigenvalue weighted by Crippen LogP contribution is 2.40. The summed E-state index contributed by atoms with van der Waals surface area (Å²) in [4.78, 5) is 14.0. The Morgan fingerprint density at radius 2 is 2.09 bits per heavy atom. The van der Waals surface area contributed by atoms with Crippen molar-refractivity contribution in [2.24, 2.45) is 5.92 Å². The molecule has 5 nitrogen and oxygen atoms in total.